The third-order valence-electron chi connectivity index (χ3n) is 2.34. The maximum absolute atomic E-state index is 5.54. The molecular formula is C11H15N5. The highest BCUT2D eigenvalue weighted by Crippen LogP contribution is 2.06. The zero-order valence-electron chi connectivity index (χ0n) is 9.44. The van der Waals surface area contributed by atoms with Gasteiger partial charge < -0.3 is 15.5 Å². The van der Waals surface area contributed by atoms with Gasteiger partial charge in [-0.25, -0.2) is 4.98 Å². The van der Waals surface area contributed by atoms with Crippen molar-refractivity contribution in [3.8, 4) is 0 Å². The van der Waals surface area contributed by atoms with E-state index < -0.39 is 0 Å². The van der Waals surface area contributed by atoms with Crippen LogP contribution in [0.15, 0.2) is 29.5 Å². The zero-order valence-corrected chi connectivity index (χ0v) is 9.44. The zero-order chi connectivity index (χ0) is 11.5. The van der Waals surface area contributed by atoms with Gasteiger partial charge in [0.05, 0.1) is 12.2 Å². The predicted octanol–water partition coefficient (Wildman–Crippen LogP) is 0.677. The van der Waals surface area contributed by atoms with Gasteiger partial charge >= 0.3 is 0 Å². The van der Waals surface area contributed by atoms with Crippen LogP contribution in [0.2, 0.25) is 0 Å². The van der Waals surface area contributed by atoms with Crippen LogP contribution in [-0.2, 0) is 6.54 Å². The first-order chi connectivity index (χ1) is 7.69. The van der Waals surface area contributed by atoms with E-state index >= 15 is 0 Å². The Morgan fingerprint density at radius 2 is 2.31 bits per heavy atom. The molecule has 0 radical (unpaired) electrons. The van der Waals surface area contributed by atoms with Gasteiger partial charge in [-0.2, -0.15) is 0 Å². The average Bonchev–Trinajstić information content (AvgIpc) is 2.67. The second-order valence-corrected chi connectivity index (χ2v) is 3.67. The van der Waals surface area contributed by atoms with Gasteiger partial charge in [0.15, 0.2) is 5.96 Å². The average molecular weight is 217 g/mol. The summed E-state index contributed by atoms with van der Waals surface area (Å²) in [6, 6.07) is 4.04. The predicted molar refractivity (Wildman–Crippen MR) is 64.3 cm³/mol. The van der Waals surface area contributed by atoms with E-state index in [0.717, 1.165) is 11.3 Å². The molecule has 0 aromatic carbocycles. The Morgan fingerprint density at radius 1 is 1.50 bits per heavy atom. The van der Waals surface area contributed by atoms with Crippen molar-refractivity contribution in [1.29, 1.82) is 0 Å². The number of hydrogen-bond acceptors (Lipinski definition) is 2. The van der Waals surface area contributed by atoms with Crippen molar-refractivity contribution >= 4 is 11.6 Å². The van der Waals surface area contributed by atoms with E-state index in [0.29, 0.717) is 12.5 Å². The Hall–Kier alpha value is -2.04. The molecule has 5 nitrogen and oxygen atoms in total. The summed E-state index contributed by atoms with van der Waals surface area (Å²) in [5.74, 6) is 0.424. The third-order valence-corrected chi connectivity index (χ3v) is 2.34. The van der Waals surface area contributed by atoms with Gasteiger partial charge in [0.25, 0.3) is 0 Å². The van der Waals surface area contributed by atoms with Gasteiger partial charge in [-0.05, 0) is 18.6 Å². The minimum Gasteiger partial charge on any atom is -0.370 e. The lowest BCUT2D eigenvalue weighted by atomic mass is 10.3. The van der Waals surface area contributed by atoms with E-state index in [1.54, 1.807) is 7.05 Å². The number of aliphatic imine (C=N–C) groups is 1. The number of hydrogen-bond donors (Lipinski definition) is 2. The van der Waals surface area contributed by atoms with Crippen LogP contribution < -0.4 is 11.1 Å². The summed E-state index contributed by atoms with van der Waals surface area (Å²) >= 11 is 0. The molecule has 0 atom stereocenters. The molecule has 0 aliphatic rings. The molecule has 2 aromatic heterocycles. The lowest BCUT2D eigenvalue weighted by Crippen LogP contribution is -2.30. The minimum atomic E-state index is 0.424. The standard InChI is InChI=1S/C11H15N5/c1-8-3-4-10-15-9(7-16(10)6-8)5-14-11(12)13-2/h3-4,6-7H,5H2,1-2H3,(H3,12,13,14). The lowest BCUT2D eigenvalue weighted by Gasteiger charge is -2.00. The summed E-state index contributed by atoms with van der Waals surface area (Å²) in [5, 5.41) is 2.98. The van der Waals surface area contributed by atoms with E-state index in [1.165, 1.54) is 5.56 Å². The highest BCUT2D eigenvalue weighted by Gasteiger charge is 2.01. The molecular weight excluding hydrogens is 202 g/mol. The van der Waals surface area contributed by atoms with Crippen molar-refractivity contribution < 1.29 is 0 Å². The summed E-state index contributed by atoms with van der Waals surface area (Å²) < 4.78 is 2.01. The first-order valence-corrected chi connectivity index (χ1v) is 5.09. The van der Waals surface area contributed by atoms with Crippen LogP contribution in [0.4, 0.5) is 0 Å². The summed E-state index contributed by atoms with van der Waals surface area (Å²) in [5.41, 5.74) is 8.63. The summed E-state index contributed by atoms with van der Waals surface area (Å²) in [7, 11) is 1.65. The Bertz CT molecular complexity index is 526. The number of fused-ring (bicyclic) bond motifs is 1. The van der Waals surface area contributed by atoms with Crippen LogP contribution in [0.5, 0.6) is 0 Å². The number of aryl methyl sites for hydroxylation is 1. The van der Waals surface area contributed by atoms with Crippen molar-refractivity contribution in [2.45, 2.75) is 13.5 Å². The smallest absolute Gasteiger partial charge is 0.188 e. The van der Waals surface area contributed by atoms with E-state index in [9.17, 15) is 0 Å². The van der Waals surface area contributed by atoms with Gasteiger partial charge in [-0.1, -0.05) is 6.07 Å². The van der Waals surface area contributed by atoms with Crippen LogP contribution in [0.1, 0.15) is 11.3 Å². The van der Waals surface area contributed by atoms with E-state index in [-0.39, 0.29) is 0 Å². The Balaban J connectivity index is 2.20. The van der Waals surface area contributed by atoms with Crippen LogP contribution >= 0.6 is 0 Å². The first kappa shape index (κ1) is 10.5. The van der Waals surface area contributed by atoms with Crippen molar-refractivity contribution in [2.75, 3.05) is 7.05 Å². The molecule has 0 saturated carbocycles. The molecule has 0 bridgehead atoms. The normalized spacial score (nSPS) is 12.0. The van der Waals surface area contributed by atoms with Gasteiger partial charge in [-0.3, -0.25) is 4.99 Å². The fourth-order valence-corrected chi connectivity index (χ4v) is 1.50. The number of nitrogens with one attached hydrogen (secondary N) is 1. The summed E-state index contributed by atoms with van der Waals surface area (Å²) in [4.78, 5) is 8.27. The van der Waals surface area contributed by atoms with Crippen LogP contribution in [0, 0.1) is 6.92 Å². The molecule has 2 rings (SSSR count). The van der Waals surface area contributed by atoms with E-state index in [4.69, 9.17) is 5.73 Å². The van der Waals surface area contributed by atoms with Crippen molar-refractivity contribution in [1.82, 2.24) is 14.7 Å². The van der Waals surface area contributed by atoms with E-state index in [2.05, 4.69) is 22.2 Å². The lowest BCUT2D eigenvalue weighted by molar-refractivity contribution is 0.873. The van der Waals surface area contributed by atoms with Crippen molar-refractivity contribution in [3.63, 3.8) is 0 Å². The number of pyridine rings is 1. The summed E-state index contributed by atoms with van der Waals surface area (Å²) in [6.07, 6.45) is 4.03. The third kappa shape index (κ3) is 2.13. The second-order valence-electron chi connectivity index (χ2n) is 3.67. The maximum atomic E-state index is 5.54. The topological polar surface area (TPSA) is 67.7 Å². The summed E-state index contributed by atoms with van der Waals surface area (Å²) in [6.45, 7) is 2.64. The van der Waals surface area contributed by atoms with Gasteiger partial charge in [-0.15, -0.1) is 0 Å². The second kappa shape index (κ2) is 4.22. The first-order valence-electron chi connectivity index (χ1n) is 5.09. The fraction of sp³-hybridized carbons (Fsp3) is 0.273. The highest BCUT2D eigenvalue weighted by molar-refractivity contribution is 5.77. The van der Waals surface area contributed by atoms with Crippen LogP contribution in [0.3, 0.4) is 0 Å². The molecule has 0 unspecified atom stereocenters. The van der Waals surface area contributed by atoms with Crippen molar-refractivity contribution in [3.05, 3.63) is 35.8 Å². The molecule has 2 aromatic rings. The Morgan fingerprint density at radius 3 is 3.06 bits per heavy atom. The molecule has 16 heavy (non-hydrogen) atoms. The largest absolute Gasteiger partial charge is 0.370 e. The molecule has 0 amide bonds. The van der Waals surface area contributed by atoms with Crippen LogP contribution in [-0.4, -0.2) is 22.4 Å². The molecule has 0 fully saturated rings. The molecule has 2 heterocycles. The molecule has 0 aliphatic heterocycles. The molecule has 5 heteroatoms. The number of guanidine groups is 1. The van der Waals surface area contributed by atoms with Gasteiger partial charge in [0.2, 0.25) is 0 Å². The molecule has 0 aliphatic carbocycles. The Labute approximate surface area is 94.0 Å². The quantitative estimate of drug-likeness (QED) is 0.574. The van der Waals surface area contributed by atoms with Gasteiger partial charge in [0, 0.05) is 19.4 Å². The molecule has 84 valence electrons. The number of aromatic nitrogens is 2. The Kier molecular flexibility index (Phi) is 2.76. The number of nitrogens with zero attached hydrogens (tertiary/aromatic N) is 3. The molecule has 3 N–H and O–H groups in total. The van der Waals surface area contributed by atoms with Crippen LogP contribution in [0.25, 0.3) is 5.65 Å². The van der Waals surface area contributed by atoms with E-state index in [1.807, 2.05) is 28.9 Å². The fourth-order valence-electron chi connectivity index (χ4n) is 1.50. The monoisotopic (exact) mass is 217 g/mol. The highest BCUT2D eigenvalue weighted by atomic mass is 15.1. The number of imidazole rings is 1. The van der Waals surface area contributed by atoms with Gasteiger partial charge in [0.1, 0.15) is 5.65 Å². The maximum Gasteiger partial charge on any atom is 0.188 e. The van der Waals surface area contributed by atoms with Crippen molar-refractivity contribution in [2.24, 2.45) is 10.7 Å². The SMILES string of the molecule is CN=C(N)NCc1cn2cc(C)ccc2n1. The molecule has 0 saturated heterocycles. The number of nitrogens with two attached hydrogens (primary N) is 1. The number of rotatable bonds is 2. The minimum absolute atomic E-state index is 0.424. The molecule has 0 spiro atoms.